The maximum atomic E-state index is 13.8. The van der Waals surface area contributed by atoms with Crippen molar-refractivity contribution in [3.8, 4) is 11.5 Å². The van der Waals surface area contributed by atoms with Gasteiger partial charge in [0.25, 0.3) is 5.91 Å². The molecule has 2 unspecified atom stereocenters. The predicted octanol–water partition coefficient (Wildman–Crippen LogP) is 3.06. The van der Waals surface area contributed by atoms with Gasteiger partial charge in [-0.3, -0.25) is 9.78 Å². The monoisotopic (exact) mass is 479 g/mol. The van der Waals surface area contributed by atoms with Gasteiger partial charge in [0.15, 0.2) is 0 Å². The van der Waals surface area contributed by atoms with Crippen molar-refractivity contribution in [1.29, 1.82) is 0 Å². The molecule has 2 aromatic rings. The Morgan fingerprint density at radius 2 is 2.03 bits per heavy atom. The summed E-state index contributed by atoms with van der Waals surface area (Å²) < 4.78 is 25.3. The van der Waals surface area contributed by atoms with E-state index >= 15 is 0 Å². The summed E-state index contributed by atoms with van der Waals surface area (Å²) in [6.07, 6.45) is 11.8. The van der Waals surface area contributed by atoms with Gasteiger partial charge >= 0.3 is 0 Å². The third-order valence-corrected chi connectivity index (χ3v) is 6.87. The average molecular weight is 480 g/mol. The number of pyridine rings is 1. The second-order valence-electron chi connectivity index (χ2n) is 9.31. The molecule has 7 nitrogen and oxygen atoms in total. The molecular formula is C27H30FN3O4. The Morgan fingerprint density at radius 3 is 2.89 bits per heavy atom. The molecule has 0 spiro atoms. The average Bonchev–Trinajstić information content (AvgIpc) is 3.01. The maximum absolute atomic E-state index is 13.8. The molecule has 3 atom stereocenters. The van der Waals surface area contributed by atoms with Gasteiger partial charge in [-0.1, -0.05) is 24.3 Å². The number of aliphatic hydroxyl groups is 1. The van der Waals surface area contributed by atoms with Crippen molar-refractivity contribution >= 4 is 5.91 Å². The van der Waals surface area contributed by atoms with Gasteiger partial charge in [0.05, 0.1) is 24.4 Å². The lowest BCUT2D eigenvalue weighted by molar-refractivity contribution is 0.0437. The fraction of sp³-hybridized carbons (Fsp3) is 0.407. The number of halogens is 1. The third kappa shape index (κ3) is 5.55. The largest absolute Gasteiger partial charge is 0.491 e. The highest BCUT2D eigenvalue weighted by atomic mass is 19.1. The molecule has 8 heteroatoms. The zero-order chi connectivity index (χ0) is 24.2. The summed E-state index contributed by atoms with van der Waals surface area (Å²) in [5, 5.41) is 10.8. The smallest absolute Gasteiger partial charge is 0.257 e. The van der Waals surface area contributed by atoms with Crippen LogP contribution in [-0.4, -0.2) is 71.2 Å². The number of aromatic nitrogens is 1. The Morgan fingerprint density at radius 1 is 1.17 bits per heavy atom. The molecule has 35 heavy (non-hydrogen) atoms. The Hall–Kier alpha value is -3.23. The van der Waals surface area contributed by atoms with Gasteiger partial charge in [0, 0.05) is 37.5 Å². The normalized spacial score (nSPS) is 22.7. The lowest BCUT2D eigenvalue weighted by Crippen LogP contribution is -2.47. The van der Waals surface area contributed by atoms with E-state index in [0.29, 0.717) is 54.2 Å². The van der Waals surface area contributed by atoms with Gasteiger partial charge < -0.3 is 24.4 Å². The summed E-state index contributed by atoms with van der Waals surface area (Å²) in [5.41, 5.74) is 0.824. The number of allylic oxidation sites excluding steroid dienone is 3. The van der Waals surface area contributed by atoms with Gasteiger partial charge in [0.1, 0.15) is 30.5 Å². The van der Waals surface area contributed by atoms with Crippen molar-refractivity contribution in [2.45, 2.75) is 19.1 Å². The number of likely N-dealkylation sites (tertiary alicyclic amines) is 1. The van der Waals surface area contributed by atoms with Crippen LogP contribution in [0, 0.1) is 17.7 Å². The van der Waals surface area contributed by atoms with Crippen molar-refractivity contribution in [3.05, 3.63) is 77.9 Å². The molecule has 1 aromatic heterocycles. The molecule has 1 amide bonds. The first kappa shape index (κ1) is 23.5. The van der Waals surface area contributed by atoms with E-state index < -0.39 is 11.9 Å². The van der Waals surface area contributed by atoms with E-state index in [-0.39, 0.29) is 19.1 Å². The SMILES string of the molecule is O=C1c2ccc(OCc3ccncc3F)cc2OCCN1C[C@H](O)CN1CCC2C=CC=CC2C1. The molecule has 2 aliphatic heterocycles. The summed E-state index contributed by atoms with van der Waals surface area (Å²) in [5.74, 6) is 1.39. The van der Waals surface area contributed by atoms with Gasteiger partial charge in [-0.25, -0.2) is 4.39 Å². The van der Waals surface area contributed by atoms with E-state index in [1.54, 1.807) is 29.2 Å². The molecule has 0 bridgehead atoms. The highest BCUT2D eigenvalue weighted by Gasteiger charge is 2.30. The number of aliphatic hydroxyl groups excluding tert-OH is 1. The number of benzene rings is 1. The summed E-state index contributed by atoms with van der Waals surface area (Å²) in [7, 11) is 0. The lowest BCUT2D eigenvalue weighted by Gasteiger charge is -2.38. The standard InChI is InChI=1S/C27H30FN3O4/c28-25-14-29-9-7-21(25)18-35-23-5-6-24-26(13-23)34-12-11-31(27(24)33)17-22(32)16-30-10-8-19-3-1-2-4-20(19)15-30/h1-7,9,13-14,19-20,22,32H,8,10-12,15-18H2/t19?,20?,22-/m1/s1. The summed E-state index contributed by atoms with van der Waals surface area (Å²) in [6.45, 7) is 3.42. The quantitative estimate of drug-likeness (QED) is 0.658. The topological polar surface area (TPSA) is 75.1 Å². The van der Waals surface area contributed by atoms with Crippen molar-refractivity contribution in [2.75, 3.05) is 39.3 Å². The first-order valence-corrected chi connectivity index (χ1v) is 12.1. The zero-order valence-corrected chi connectivity index (χ0v) is 19.6. The van der Waals surface area contributed by atoms with Crippen molar-refractivity contribution in [3.63, 3.8) is 0 Å². The Labute approximate surface area is 204 Å². The van der Waals surface area contributed by atoms with Crippen molar-refractivity contribution in [1.82, 2.24) is 14.8 Å². The number of rotatable bonds is 7. The zero-order valence-electron chi connectivity index (χ0n) is 19.6. The molecular weight excluding hydrogens is 449 g/mol. The van der Waals surface area contributed by atoms with Crippen molar-refractivity contribution in [2.24, 2.45) is 11.8 Å². The third-order valence-electron chi connectivity index (χ3n) is 6.87. The Balaban J connectivity index is 1.18. The summed E-state index contributed by atoms with van der Waals surface area (Å²) in [4.78, 5) is 20.9. The molecule has 1 aliphatic carbocycles. The molecule has 5 rings (SSSR count). The number of nitrogens with zero attached hydrogens (tertiary/aromatic N) is 3. The second-order valence-corrected chi connectivity index (χ2v) is 9.31. The summed E-state index contributed by atoms with van der Waals surface area (Å²) >= 11 is 0. The van der Waals surface area contributed by atoms with Crippen LogP contribution in [0.5, 0.6) is 11.5 Å². The van der Waals surface area contributed by atoms with Gasteiger partial charge in [-0.2, -0.15) is 0 Å². The van der Waals surface area contributed by atoms with E-state index in [9.17, 15) is 14.3 Å². The number of carbonyl (C=O) groups excluding carboxylic acids is 1. The minimum atomic E-state index is -0.641. The van der Waals surface area contributed by atoms with Crippen LogP contribution < -0.4 is 9.47 Å². The van der Waals surface area contributed by atoms with E-state index in [4.69, 9.17) is 9.47 Å². The molecule has 1 aromatic carbocycles. The van der Waals surface area contributed by atoms with Crippen LogP contribution in [0.1, 0.15) is 22.3 Å². The molecule has 3 heterocycles. The van der Waals surface area contributed by atoms with Gasteiger partial charge in [-0.05, 0) is 43.0 Å². The molecule has 1 fully saturated rings. The maximum Gasteiger partial charge on any atom is 0.257 e. The molecule has 0 radical (unpaired) electrons. The highest BCUT2D eigenvalue weighted by molar-refractivity contribution is 5.97. The van der Waals surface area contributed by atoms with Crippen LogP contribution in [0.4, 0.5) is 4.39 Å². The van der Waals surface area contributed by atoms with Crippen molar-refractivity contribution < 1.29 is 23.8 Å². The second kappa shape index (κ2) is 10.6. The molecule has 184 valence electrons. The Kier molecular flexibility index (Phi) is 7.11. The Bertz CT molecular complexity index is 1120. The number of fused-ring (bicyclic) bond motifs is 2. The fourth-order valence-corrected chi connectivity index (χ4v) is 4.99. The van der Waals surface area contributed by atoms with Gasteiger partial charge in [0.2, 0.25) is 0 Å². The molecule has 0 saturated carbocycles. The van der Waals surface area contributed by atoms with Crippen LogP contribution in [0.2, 0.25) is 0 Å². The highest BCUT2D eigenvalue weighted by Crippen LogP contribution is 2.30. The minimum Gasteiger partial charge on any atom is -0.491 e. The molecule has 3 aliphatic rings. The minimum absolute atomic E-state index is 0.0452. The van der Waals surface area contributed by atoms with Crippen LogP contribution in [-0.2, 0) is 6.61 Å². The number of carbonyl (C=O) groups is 1. The number of hydrogen-bond donors (Lipinski definition) is 1. The number of β-amino-alcohol motifs (C(OH)–C–C–N with tert-alkyl or cyclic N) is 1. The van der Waals surface area contributed by atoms with E-state index in [2.05, 4.69) is 34.2 Å². The number of piperidine rings is 1. The number of hydrogen-bond acceptors (Lipinski definition) is 6. The van der Waals surface area contributed by atoms with E-state index in [1.165, 1.54) is 6.20 Å². The van der Waals surface area contributed by atoms with Crippen LogP contribution in [0.3, 0.4) is 0 Å². The number of amides is 1. The first-order valence-electron chi connectivity index (χ1n) is 12.1. The van der Waals surface area contributed by atoms with Crippen LogP contribution in [0.15, 0.2) is 61.0 Å². The van der Waals surface area contributed by atoms with Crippen LogP contribution >= 0.6 is 0 Å². The fourth-order valence-electron chi connectivity index (χ4n) is 4.99. The molecule has 1 saturated heterocycles. The predicted molar refractivity (Wildman–Crippen MR) is 129 cm³/mol. The molecule has 1 N–H and O–H groups in total. The van der Waals surface area contributed by atoms with Gasteiger partial charge in [-0.15, -0.1) is 0 Å². The van der Waals surface area contributed by atoms with E-state index in [1.807, 2.05) is 0 Å². The first-order chi connectivity index (χ1) is 17.1. The lowest BCUT2D eigenvalue weighted by atomic mass is 9.82. The van der Waals surface area contributed by atoms with E-state index in [0.717, 1.165) is 25.7 Å². The summed E-state index contributed by atoms with van der Waals surface area (Å²) in [6, 6.07) is 6.55. The van der Waals surface area contributed by atoms with Crippen LogP contribution in [0.25, 0.3) is 0 Å². The number of ether oxygens (including phenoxy) is 2.